The van der Waals surface area contributed by atoms with Gasteiger partial charge in [0.05, 0.1) is 11.2 Å². The molecular weight excluding hydrogens is 385 g/mol. The number of rotatable bonds is 4. The average molecular weight is 419 g/mol. The molecule has 0 aliphatic carbocycles. The molecule has 2 aliphatic heterocycles. The summed E-state index contributed by atoms with van der Waals surface area (Å²) in [6, 6.07) is 8.59. The van der Waals surface area contributed by atoms with E-state index in [9.17, 15) is 4.79 Å². The minimum absolute atomic E-state index is 0.197. The predicted molar refractivity (Wildman–Crippen MR) is 119 cm³/mol. The van der Waals surface area contributed by atoms with Gasteiger partial charge in [-0.05, 0) is 78.9 Å². The molecule has 1 atom stereocenters. The van der Waals surface area contributed by atoms with Gasteiger partial charge in [0.2, 0.25) is 0 Å². The van der Waals surface area contributed by atoms with E-state index in [4.69, 9.17) is 14.0 Å². The van der Waals surface area contributed by atoms with E-state index in [1.807, 2.05) is 25.7 Å². The van der Waals surface area contributed by atoms with E-state index in [0.717, 1.165) is 30.6 Å². The van der Waals surface area contributed by atoms with Crippen LogP contribution < -0.4 is 5.46 Å². The molecule has 1 aromatic carbocycles. The minimum atomic E-state index is -0.458. The first-order valence-corrected chi connectivity index (χ1v) is 11.4. The SMILES string of the molecule is CC(C)(C)OC(=O)N1CCC[C@H]1CSc1ccc(B2OC(C)(C)C(C)(C)O2)cc1. The molecule has 7 heteroatoms. The van der Waals surface area contributed by atoms with Crippen molar-refractivity contribution in [2.75, 3.05) is 12.3 Å². The molecule has 0 saturated carbocycles. The van der Waals surface area contributed by atoms with Crippen molar-refractivity contribution in [1.29, 1.82) is 0 Å². The summed E-state index contributed by atoms with van der Waals surface area (Å²) in [5, 5.41) is 0. The van der Waals surface area contributed by atoms with Crippen LogP contribution in [0.2, 0.25) is 0 Å². The van der Waals surface area contributed by atoms with Gasteiger partial charge in [-0.15, -0.1) is 11.8 Å². The number of ether oxygens (including phenoxy) is 1. The van der Waals surface area contributed by atoms with Crippen molar-refractivity contribution in [3.05, 3.63) is 24.3 Å². The van der Waals surface area contributed by atoms with Gasteiger partial charge >= 0.3 is 13.2 Å². The summed E-state index contributed by atoms with van der Waals surface area (Å²) in [6.45, 7) is 14.8. The number of benzene rings is 1. The highest BCUT2D eigenvalue weighted by Gasteiger charge is 2.51. The highest BCUT2D eigenvalue weighted by molar-refractivity contribution is 7.99. The number of amides is 1. The topological polar surface area (TPSA) is 48.0 Å². The summed E-state index contributed by atoms with van der Waals surface area (Å²) in [7, 11) is -0.337. The average Bonchev–Trinajstić information content (AvgIpc) is 3.14. The molecule has 2 heterocycles. The van der Waals surface area contributed by atoms with Crippen molar-refractivity contribution in [1.82, 2.24) is 4.90 Å². The Labute approximate surface area is 180 Å². The quantitative estimate of drug-likeness (QED) is 0.532. The van der Waals surface area contributed by atoms with E-state index in [1.54, 1.807) is 11.8 Å². The summed E-state index contributed by atoms with van der Waals surface area (Å²) in [4.78, 5) is 15.5. The Hall–Kier alpha value is -1.18. The smallest absolute Gasteiger partial charge is 0.444 e. The molecule has 0 aromatic heterocycles. The molecule has 2 fully saturated rings. The summed E-state index contributed by atoms with van der Waals surface area (Å²) in [6.07, 6.45) is 1.86. The predicted octanol–water partition coefficient (Wildman–Crippen LogP) is 4.48. The fraction of sp³-hybridized carbons (Fsp3) is 0.682. The van der Waals surface area contributed by atoms with Gasteiger partial charge in [0.25, 0.3) is 0 Å². The largest absolute Gasteiger partial charge is 0.494 e. The van der Waals surface area contributed by atoms with Gasteiger partial charge in [-0.1, -0.05) is 12.1 Å². The second-order valence-corrected chi connectivity index (χ2v) is 11.0. The summed E-state index contributed by atoms with van der Waals surface area (Å²) < 4.78 is 17.8. The summed E-state index contributed by atoms with van der Waals surface area (Å²) in [5.41, 5.74) is -0.0952. The normalized spacial score (nSPS) is 23.5. The van der Waals surface area contributed by atoms with Crippen molar-refractivity contribution in [2.45, 2.75) is 89.0 Å². The number of thioether (sulfide) groups is 1. The molecule has 2 aliphatic rings. The molecule has 0 bridgehead atoms. The van der Waals surface area contributed by atoms with E-state index < -0.39 is 5.60 Å². The lowest BCUT2D eigenvalue weighted by Crippen LogP contribution is -2.41. The van der Waals surface area contributed by atoms with Crippen LogP contribution in [0.3, 0.4) is 0 Å². The molecule has 0 radical (unpaired) electrons. The highest BCUT2D eigenvalue weighted by Crippen LogP contribution is 2.36. The Morgan fingerprint density at radius 2 is 1.76 bits per heavy atom. The number of nitrogens with zero attached hydrogens (tertiary/aromatic N) is 1. The van der Waals surface area contributed by atoms with Gasteiger partial charge in [-0.3, -0.25) is 0 Å². The Morgan fingerprint density at radius 3 is 2.31 bits per heavy atom. The molecule has 5 nitrogen and oxygen atoms in total. The molecular formula is C22H34BNO4S. The van der Waals surface area contributed by atoms with Gasteiger partial charge in [0.1, 0.15) is 5.60 Å². The second-order valence-electron chi connectivity index (χ2n) is 9.94. The maximum absolute atomic E-state index is 12.4. The Kier molecular flexibility index (Phi) is 6.33. The second kappa shape index (κ2) is 8.16. The molecule has 1 aromatic rings. The van der Waals surface area contributed by atoms with Crippen LogP contribution in [0.1, 0.15) is 61.3 Å². The Bertz CT molecular complexity index is 713. The lowest BCUT2D eigenvalue weighted by Gasteiger charge is -2.32. The lowest BCUT2D eigenvalue weighted by molar-refractivity contribution is 0.00578. The fourth-order valence-electron chi connectivity index (χ4n) is 3.46. The zero-order chi connectivity index (χ0) is 21.4. The highest BCUT2D eigenvalue weighted by atomic mass is 32.2. The van der Waals surface area contributed by atoms with Crippen LogP contribution in [-0.4, -0.2) is 53.3 Å². The van der Waals surface area contributed by atoms with Gasteiger partial charge in [-0.25, -0.2) is 4.79 Å². The molecule has 160 valence electrons. The van der Waals surface area contributed by atoms with E-state index in [-0.39, 0.29) is 30.5 Å². The number of hydrogen-bond donors (Lipinski definition) is 0. The van der Waals surface area contributed by atoms with E-state index in [2.05, 4.69) is 52.0 Å². The van der Waals surface area contributed by atoms with E-state index in [1.165, 1.54) is 4.90 Å². The third-order valence-corrected chi connectivity index (χ3v) is 7.01. The van der Waals surface area contributed by atoms with Gasteiger partial charge in [0.15, 0.2) is 0 Å². The first kappa shape index (κ1) is 22.5. The number of hydrogen-bond acceptors (Lipinski definition) is 5. The van der Waals surface area contributed by atoms with Crippen molar-refractivity contribution in [3.63, 3.8) is 0 Å². The van der Waals surface area contributed by atoms with E-state index >= 15 is 0 Å². The van der Waals surface area contributed by atoms with Crippen molar-refractivity contribution in [3.8, 4) is 0 Å². The van der Waals surface area contributed by atoms with Gasteiger partial charge in [0, 0.05) is 23.2 Å². The molecule has 3 rings (SSSR count). The first-order chi connectivity index (χ1) is 13.4. The zero-order valence-electron chi connectivity index (χ0n) is 18.8. The van der Waals surface area contributed by atoms with Crippen LogP contribution in [0.25, 0.3) is 0 Å². The van der Waals surface area contributed by atoms with Crippen LogP contribution in [0.4, 0.5) is 4.79 Å². The van der Waals surface area contributed by atoms with Crippen molar-refractivity contribution < 1.29 is 18.8 Å². The number of carbonyl (C=O) groups excluding carboxylic acids is 1. The molecule has 0 N–H and O–H groups in total. The first-order valence-electron chi connectivity index (χ1n) is 10.5. The zero-order valence-corrected chi connectivity index (χ0v) is 19.6. The van der Waals surface area contributed by atoms with Crippen LogP contribution in [0.5, 0.6) is 0 Å². The van der Waals surface area contributed by atoms with Gasteiger partial charge < -0.3 is 18.9 Å². The molecule has 1 amide bonds. The molecule has 0 unspecified atom stereocenters. The monoisotopic (exact) mass is 419 g/mol. The maximum atomic E-state index is 12.4. The van der Waals surface area contributed by atoms with Crippen LogP contribution in [0, 0.1) is 0 Å². The van der Waals surface area contributed by atoms with Crippen LogP contribution in [0.15, 0.2) is 29.2 Å². The molecule has 29 heavy (non-hydrogen) atoms. The fourth-order valence-corrected chi connectivity index (χ4v) is 4.52. The Balaban J connectivity index is 1.56. The molecule has 2 saturated heterocycles. The van der Waals surface area contributed by atoms with Crippen molar-refractivity contribution in [2.24, 2.45) is 0 Å². The minimum Gasteiger partial charge on any atom is -0.444 e. The lowest BCUT2D eigenvalue weighted by atomic mass is 9.79. The van der Waals surface area contributed by atoms with Crippen molar-refractivity contribution >= 4 is 30.4 Å². The van der Waals surface area contributed by atoms with Crippen LogP contribution in [-0.2, 0) is 14.0 Å². The van der Waals surface area contributed by atoms with Gasteiger partial charge in [-0.2, -0.15) is 0 Å². The standard InChI is InChI=1S/C22H34BNO4S/c1-20(2,3)26-19(25)24-14-8-9-17(24)15-29-18-12-10-16(11-13-18)23-27-21(4,5)22(6,7)28-23/h10-13,17H,8-9,14-15H2,1-7H3/t17-/m0/s1. The van der Waals surface area contributed by atoms with Crippen LogP contribution >= 0.6 is 11.8 Å². The third-order valence-electron chi connectivity index (χ3n) is 5.85. The maximum Gasteiger partial charge on any atom is 0.494 e. The molecule has 0 spiro atoms. The number of carbonyl (C=O) groups is 1. The summed E-state index contributed by atoms with van der Waals surface area (Å²) >= 11 is 1.78. The number of likely N-dealkylation sites (tertiary alicyclic amines) is 1. The third kappa shape index (κ3) is 5.30. The summed E-state index contributed by atoms with van der Waals surface area (Å²) in [5.74, 6) is 0.870. The van der Waals surface area contributed by atoms with E-state index in [0.29, 0.717) is 0 Å². The Morgan fingerprint density at radius 1 is 1.17 bits per heavy atom.